The maximum atomic E-state index is 3.69. The first-order chi connectivity index (χ1) is 10.0. The second-order valence-electron chi connectivity index (χ2n) is 6.74. The van der Waals surface area contributed by atoms with Gasteiger partial charge in [-0.05, 0) is 34.2 Å². The zero-order chi connectivity index (χ0) is 14.9. The summed E-state index contributed by atoms with van der Waals surface area (Å²) in [6.45, 7) is 6.76. The van der Waals surface area contributed by atoms with Crippen molar-refractivity contribution < 1.29 is 0 Å². The molecule has 1 aliphatic heterocycles. The summed E-state index contributed by atoms with van der Waals surface area (Å²) in [5, 5.41) is 3.69. The Morgan fingerprint density at radius 1 is 1.00 bits per heavy atom. The minimum absolute atomic E-state index is 0.214. The monoisotopic (exact) mass is 297 g/mol. The average Bonchev–Trinajstić information content (AvgIpc) is 2.47. The molecule has 1 heterocycles. The third kappa shape index (κ3) is 3.26. The molecule has 0 radical (unpaired) electrons. The highest BCUT2D eigenvalue weighted by Gasteiger charge is 2.20. The Labute approximate surface area is 132 Å². The fraction of sp³-hybridized carbons (Fsp3) is 0.368. The lowest BCUT2D eigenvalue weighted by Gasteiger charge is -2.27. The number of hydrogen-bond acceptors (Lipinski definition) is 2. The van der Waals surface area contributed by atoms with Crippen LogP contribution in [0, 0.1) is 0 Å². The van der Waals surface area contributed by atoms with Crippen LogP contribution in [0.2, 0.25) is 0 Å². The Hall–Kier alpha value is -1.41. The van der Waals surface area contributed by atoms with Gasteiger partial charge in [0.25, 0.3) is 0 Å². The van der Waals surface area contributed by atoms with Gasteiger partial charge in [0.2, 0.25) is 0 Å². The summed E-state index contributed by atoms with van der Waals surface area (Å²) in [5.74, 6) is 2.27. The first-order valence-electron chi connectivity index (χ1n) is 7.57. The Morgan fingerprint density at radius 3 is 2.43 bits per heavy atom. The molecule has 0 bridgehead atoms. The molecule has 2 heteroatoms. The average molecular weight is 297 g/mol. The van der Waals surface area contributed by atoms with Crippen LogP contribution < -0.4 is 5.32 Å². The summed E-state index contributed by atoms with van der Waals surface area (Å²) in [6, 6.07) is 18.1. The first-order valence-corrected chi connectivity index (χ1v) is 8.72. The molecule has 0 aliphatic carbocycles. The number of anilines is 1. The topological polar surface area (TPSA) is 12.0 Å². The van der Waals surface area contributed by atoms with E-state index in [1.807, 2.05) is 11.8 Å². The van der Waals surface area contributed by atoms with Crippen LogP contribution in [0.3, 0.4) is 0 Å². The number of nitrogens with one attached hydrogen (secondary N) is 1. The zero-order valence-corrected chi connectivity index (χ0v) is 13.8. The summed E-state index contributed by atoms with van der Waals surface area (Å²) in [5.41, 5.74) is 5.73. The highest BCUT2D eigenvalue weighted by molar-refractivity contribution is 7.98. The van der Waals surface area contributed by atoms with Crippen LogP contribution in [0.25, 0.3) is 0 Å². The van der Waals surface area contributed by atoms with Crippen LogP contribution in [0.15, 0.2) is 48.5 Å². The molecule has 2 aromatic carbocycles. The minimum Gasteiger partial charge on any atom is -0.377 e. The largest absolute Gasteiger partial charge is 0.377 e. The third-order valence-electron chi connectivity index (χ3n) is 4.06. The lowest BCUT2D eigenvalue weighted by molar-refractivity contribution is 0.590. The van der Waals surface area contributed by atoms with Gasteiger partial charge in [-0.1, -0.05) is 57.2 Å². The third-order valence-corrected chi connectivity index (χ3v) is 5.15. The standard InChI is InChI=1S/C19H23NS/c1-19(2,3)15-8-10-16(11-9-15)20-18-13-21-12-14-6-4-5-7-17(14)18/h4-11,18,20H,12-13H2,1-3H3. The summed E-state index contributed by atoms with van der Waals surface area (Å²) in [7, 11) is 0. The Morgan fingerprint density at radius 2 is 1.71 bits per heavy atom. The molecule has 3 rings (SSSR count). The predicted molar refractivity (Wildman–Crippen MR) is 94.1 cm³/mol. The highest BCUT2D eigenvalue weighted by Crippen LogP contribution is 2.34. The molecule has 1 aliphatic rings. The van der Waals surface area contributed by atoms with Gasteiger partial charge in [0.1, 0.15) is 0 Å². The van der Waals surface area contributed by atoms with Gasteiger partial charge >= 0.3 is 0 Å². The number of rotatable bonds is 2. The van der Waals surface area contributed by atoms with Gasteiger partial charge in [-0.15, -0.1) is 0 Å². The van der Waals surface area contributed by atoms with Crippen LogP contribution in [0.5, 0.6) is 0 Å². The molecule has 0 saturated carbocycles. The number of benzene rings is 2. The van der Waals surface area contributed by atoms with Crippen molar-refractivity contribution >= 4 is 17.4 Å². The maximum Gasteiger partial charge on any atom is 0.0607 e. The van der Waals surface area contributed by atoms with Crippen molar-refractivity contribution in [1.29, 1.82) is 0 Å². The van der Waals surface area contributed by atoms with Crippen LogP contribution in [0.4, 0.5) is 5.69 Å². The SMILES string of the molecule is CC(C)(C)c1ccc(NC2CSCc3ccccc32)cc1. The number of thioether (sulfide) groups is 1. The molecule has 0 amide bonds. The Balaban J connectivity index is 1.79. The number of fused-ring (bicyclic) bond motifs is 1. The molecule has 0 saturated heterocycles. The van der Waals surface area contributed by atoms with Crippen molar-refractivity contribution in [1.82, 2.24) is 0 Å². The fourth-order valence-electron chi connectivity index (χ4n) is 2.77. The molecule has 1 unspecified atom stereocenters. The molecule has 0 aromatic heterocycles. The van der Waals surface area contributed by atoms with Gasteiger partial charge in [-0.3, -0.25) is 0 Å². The van der Waals surface area contributed by atoms with Gasteiger partial charge in [-0.2, -0.15) is 11.8 Å². The van der Waals surface area contributed by atoms with E-state index in [0.717, 1.165) is 11.5 Å². The van der Waals surface area contributed by atoms with E-state index in [1.54, 1.807) is 0 Å². The smallest absolute Gasteiger partial charge is 0.0607 e. The van der Waals surface area contributed by atoms with Crippen molar-refractivity contribution in [3.05, 3.63) is 65.2 Å². The molecule has 21 heavy (non-hydrogen) atoms. The molecule has 1 nitrogen and oxygen atoms in total. The van der Waals surface area contributed by atoms with E-state index >= 15 is 0 Å². The van der Waals surface area contributed by atoms with Crippen LogP contribution >= 0.6 is 11.8 Å². The Bertz CT molecular complexity index is 610. The van der Waals surface area contributed by atoms with Crippen molar-refractivity contribution in [3.63, 3.8) is 0 Å². The van der Waals surface area contributed by atoms with E-state index in [1.165, 1.54) is 22.4 Å². The summed E-state index contributed by atoms with van der Waals surface area (Å²) in [6.07, 6.45) is 0. The van der Waals surface area contributed by atoms with Crippen molar-refractivity contribution in [2.75, 3.05) is 11.1 Å². The van der Waals surface area contributed by atoms with Crippen molar-refractivity contribution in [2.45, 2.75) is 38.0 Å². The van der Waals surface area contributed by atoms with Crippen LogP contribution in [-0.2, 0) is 11.2 Å². The summed E-state index contributed by atoms with van der Waals surface area (Å²) >= 11 is 2.01. The minimum atomic E-state index is 0.214. The second-order valence-corrected chi connectivity index (χ2v) is 7.77. The highest BCUT2D eigenvalue weighted by atomic mass is 32.2. The lowest BCUT2D eigenvalue weighted by Crippen LogP contribution is -2.18. The van der Waals surface area contributed by atoms with Crippen LogP contribution in [0.1, 0.15) is 43.5 Å². The quantitative estimate of drug-likeness (QED) is 0.798. The fourth-order valence-corrected chi connectivity index (χ4v) is 3.87. The Kier molecular flexibility index (Phi) is 3.99. The summed E-state index contributed by atoms with van der Waals surface area (Å²) in [4.78, 5) is 0. The number of hydrogen-bond donors (Lipinski definition) is 1. The molecule has 0 fully saturated rings. The van der Waals surface area contributed by atoms with Crippen molar-refractivity contribution in [2.24, 2.45) is 0 Å². The second kappa shape index (κ2) is 5.76. The molecule has 0 spiro atoms. The molecular formula is C19H23NS. The van der Waals surface area contributed by atoms with Crippen molar-refractivity contribution in [3.8, 4) is 0 Å². The van der Waals surface area contributed by atoms with Gasteiger partial charge in [0.15, 0.2) is 0 Å². The van der Waals surface area contributed by atoms with E-state index in [0.29, 0.717) is 6.04 Å². The van der Waals surface area contributed by atoms with Gasteiger partial charge < -0.3 is 5.32 Å². The van der Waals surface area contributed by atoms with E-state index in [-0.39, 0.29) is 5.41 Å². The van der Waals surface area contributed by atoms with E-state index < -0.39 is 0 Å². The maximum absolute atomic E-state index is 3.69. The molecular weight excluding hydrogens is 274 g/mol. The van der Waals surface area contributed by atoms with Crippen LogP contribution in [-0.4, -0.2) is 5.75 Å². The lowest BCUT2D eigenvalue weighted by atomic mass is 9.87. The normalized spacial score (nSPS) is 18.1. The van der Waals surface area contributed by atoms with Gasteiger partial charge in [0.05, 0.1) is 6.04 Å². The van der Waals surface area contributed by atoms with E-state index in [4.69, 9.17) is 0 Å². The molecule has 1 atom stereocenters. The first kappa shape index (κ1) is 14.5. The molecule has 110 valence electrons. The molecule has 1 N–H and O–H groups in total. The molecule has 2 aromatic rings. The van der Waals surface area contributed by atoms with Gasteiger partial charge in [0, 0.05) is 17.2 Å². The summed E-state index contributed by atoms with van der Waals surface area (Å²) < 4.78 is 0. The van der Waals surface area contributed by atoms with E-state index in [9.17, 15) is 0 Å². The zero-order valence-electron chi connectivity index (χ0n) is 13.0. The van der Waals surface area contributed by atoms with Gasteiger partial charge in [-0.25, -0.2) is 0 Å². The predicted octanol–water partition coefficient (Wildman–Crippen LogP) is 5.38. The van der Waals surface area contributed by atoms with E-state index in [2.05, 4.69) is 74.6 Å².